The van der Waals surface area contributed by atoms with Gasteiger partial charge in [0.2, 0.25) is 10.9 Å². The molecular weight excluding hydrogens is 202 g/mol. The number of aryl methyl sites for hydroxylation is 1. The van der Waals surface area contributed by atoms with Crippen LogP contribution in [0.5, 0.6) is 0 Å². The third-order valence-electron chi connectivity index (χ3n) is 2.68. The molecule has 16 heavy (non-hydrogen) atoms. The maximum absolute atomic E-state index is 11.3. The van der Waals surface area contributed by atoms with Gasteiger partial charge in [0.15, 0.2) is 0 Å². The quantitative estimate of drug-likeness (QED) is 0.795. The second-order valence-electron chi connectivity index (χ2n) is 3.86. The Balaban J connectivity index is 2.28. The van der Waals surface area contributed by atoms with Crippen molar-refractivity contribution in [2.45, 2.75) is 20.3 Å². The summed E-state index contributed by atoms with van der Waals surface area (Å²) in [6.07, 6.45) is 0.596. The van der Waals surface area contributed by atoms with Gasteiger partial charge < -0.3 is 5.32 Å². The Hall–Kier alpha value is -1.90. The maximum atomic E-state index is 11.3. The van der Waals surface area contributed by atoms with E-state index in [0.29, 0.717) is 17.7 Å². The SMILES string of the molecule is CCc1c(Nc2ccc(C)cc2)c(=O)c1=O. The van der Waals surface area contributed by atoms with Crippen LogP contribution in [0.3, 0.4) is 0 Å². The summed E-state index contributed by atoms with van der Waals surface area (Å²) in [5, 5.41) is 3.00. The smallest absolute Gasteiger partial charge is 0.249 e. The van der Waals surface area contributed by atoms with E-state index in [9.17, 15) is 9.59 Å². The number of hydrogen-bond donors (Lipinski definition) is 1. The Morgan fingerprint density at radius 1 is 1.06 bits per heavy atom. The molecule has 2 rings (SSSR count). The molecule has 0 aliphatic rings. The van der Waals surface area contributed by atoms with Gasteiger partial charge in [-0.25, -0.2) is 0 Å². The molecular formula is C13H13NO2. The van der Waals surface area contributed by atoms with Crippen molar-refractivity contribution in [2.75, 3.05) is 5.32 Å². The Kier molecular flexibility index (Phi) is 2.60. The lowest BCUT2D eigenvalue weighted by Gasteiger charge is -2.11. The maximum Gasteiger partial charge on any atom is 0.249 e. The van der Waals surface area contributed by atoms with Crippen LogP contribution in [0, 0.1) is 6.92 Å². The standard InChI is InChI=1S/C13H13NO2/c1-3-10-11(13(16)12(10)15)14-9-6-4-8(2)5-7-9/h4-7,14H,3H2,1-2H3. The fourth-order valence-electron chi connectivity index (χ4n) is 1.69. The summed E-state index contributed by atoms with van der Waals surface area (Å²) in [6, 6.07) is 7.70. The molecule has 2 aromatic carbocycles. The molecule has 82 valence electrons. The lowest BCUT2D eigenvalue weighted by molar-refractivity contribution is 1.08. The average molecular weight is 215 g/mol. The molecule has 0 aliphatic heterocycles. The van der Waals surface area contributed by atoms with E-state index in [-0.39, 0.29) is 5.43 Å². The molecule has 0 saturated carbocycles. The van der Waals surface area contributed by atoms with E-state index in [4.69, 9.17) is 0 Å². The molecule has 0 aliphatic carbocycles. The first-order chi connectivity index (χ1) is 7.63. The third-order valence-corrected chi connectivity index (χ3v) is 2.68. The Morgan fingerprint density at radius 2 is 1.69 bits per heavy atom. The molecule has 0 amide bonds. The van der Waals surface area contributed by atoms with Gasteiger partial charge in [-0.1, -0.05) is 24.6 Å². The van der Waals surface area contributed by atoms with Gasteiger partial charge in [-0.15, -0.1) is 0 Å². The van der Waals surface area contributed by atoms with Gasteiger partial charge in [-0.05, 0) is 25.5 Å². The highest BCUT2D eigenvalue weighted by molar-refractivity contribution is 5.66. The van der Waals surface area contributed by atoms with Gasteiger partial charge in [0, 0.05) is 11.3 Å². The number of benzene rings is 1. The Morgan fingerprint density at radius 3 is 2.25 bits per heavy atom. The molecule has 0 spiro atoms. The molecule has 0 unspecified atom stereocenters. The Bertz CT molecular complexity index is 575. The molecule has 0 saturated heterocycles. The van der Waals surface area contributed by atoms with Crippen molar-refractivity contribution >= 4 is 11.4 Å². The van der Waals surface area contributed by atoms with Crippen LogP contribution in [0.15, 0.2) is 33.9 Å². The summed E-state index contributed by atoms with van der Waals surface area (Å²) < 4.78 is 0. The van der Waals surface area contributed by atoms with Gasteiger partial charge >= 0.3 is 0 Å². The molecule has 0 radical (unpaired) electrons. The van der Waals surface area contributed by atoms with Gasteiger partial charge in [0.05, 0.1) is 5.69 Å². The number of hydrogen-bond acceptors (Lipinski definition) is 3. The minimum atomic E-state index is -0.405. The summed E-state index contributed by atoms with van der Waals surface area (Å²) >= 11 is 0. The second-order valence-corrected chi connectivity index (χ2v) is 3.86. The molecule has 0 atom stereocenters. The Labute approximate surface area is 93.4 Å². The number of anilines is 2. The average Bonchev–Trinajstić information content (AvgIpc) is 2.30. The molecule has 0 bridgehead atoms. The summed E-state index contributed by atoms with van der Waals surface area (Å²) in [5.41, 5.74) is 2.30. The van der Waals surface area contributed by atoms with Gasteiger partial charge in [-0.2, -0.15) is 0 Å². The topological polar surface area (TPSA) is 46.2 Å². The largest absolute Gasteiger partial charge is 0.352 e. The van der Waals surface area contributed by atoms with E-state index in [1.54, 1.807) is 0 Å². The van der Waals surface area contributed by atoms with Gasteiger partial charge in [0.25, 0.3) is 0 Å². The zero-order chi connectivity index (χ0) is 11.7. The van der Waals surface area contributed by atoms with Crippen molar-refractivity contribution in [3.63, 3.8) is 0 Å². The van der Waals surface area contributed by atoms with Crippen LogP contribution in [-0.4, -0.2) is 0 Å². The zero-order valence-corrected chi connectivity index (χ0v) is 9.33. The summed E-state index contributed by atoms with van der Waals surface area (Å²) in [7, 11) is 0. The van der Waals surface area contributed by atoms with Crippen molar-refractivity contribution < 1.29 is 0 Å². The highest BCUT2D eigenvalue weighted by Crippen LogP contribution is 2.17. The number of nitrogens with one attached hydrogen (secondary N) is 1. The van der Waals surface area contributed by atoms with E-state index < -0.39 is 5.43 Å². The first-order valence-corrected chi connectivity index (χ1v) is 5.29. The van der Waals surface area contributed by atoms with Crippen molar-refractivity contribution in [1.29, 1.82) is 0 Å². The minimum absolute atomic E-state index is 0.350. The first kappa shape index (κ1) is 10.6. The lowest BCUT2D eigenvalue weighted by atomic mass is 10.0. The summed E-state index contributed by atoms with van der Waals surface area (Å²) in [6.45, 7) is 3.87. The minimum Gasteiger partial charge on any atom is -0.352 e. The van der Waals surface area contributed by atoms with Crippen molar-refractivity contribution in [1.82, 2.24) is 0 Å². The van der Waals surface area contributed by atoms with Crippen molar-refractivity contribution in [2.24, 2.45) is 0 Å². The van der Waals surface area contributed by atoms with E-state index in [1.165, 1.54) is 0 Å². The van der Waals surface area contributed by atoms with Gasteiger partial charge in [0.1, 0.15) is 0 Å². The predicted octanol–water partition coefficient (Wildman–Crippen LogP) is 1.90. The molecule has 3 heteroatoms. The van der Waals surface area contributed by atoms with Crippen LogP contribution in [0.4, 0.5) is 11.4 Å². The summed E-state index contributed by atoms with van der Waals surface area (Å²) in [4.78, 5) is 22.5. The fourth-order valence-corrected chi connectivity index (χ4v) is 1.69. The van der Waals surface area contributed by atoms with Crippen LogP contribution in [0.25, 0.3) is 0 Å². The number of rotatable bonds is 3. The van der Waals surface area contributed by atoms with Crippen LogP contribution in [0.1, 0.15) is 18.1 Å². The van der Waals surface area contributed by atoms with Crippen LogP contribution < -0.4 is 16.2 Å². The molecule has 2 aromatic rings. The zero-order valence-electron chi connectivity index (χ0n) is 9.33. The van der Waals surface area contributed by atoms with E-state index in [2.05, 4.69) is 5.32 Å². The second kappa shape index (κ2) is 3.93. The monoisotopic (exact) mass is 215 g/mol. The van der Waals surface area contributed by atoms with E-state index in [0.717, 1.165) is 11.3 Å². The van der Waals surface area contributed by atoms with Crippen LogP contribution >= 0.6 is 0 Å². The third kappa shape index (κ3) is 1.65. The van der Waals surface area contributed by atoms with Crippen LogP contribution in [-0.2, 0) is 6.42 Å². The first-order valence-electron chi connectivity index (χ1n) is 5.29. The normalized spacial score (nSPS) is 10.6. The molecule has 0 heterocycles. The van der Waals surface area contributed by atoms with E-state index in [1.807, 2.05) is 38.1 Å². The van der Waals surface area contributed by atoms with Gasteiger partial charge in [-0.3, -0.25) is 9.59 Å². The van der Waals surface area contributed by atoms with Crippen LogP contribution in [0.2, 0.25) is 0 Å². The lowest BCUT2D eigenvalue weighted by Crippen LogP contribution is -2.37. The fraction of sp³-hybridized carbons (Fsp3) is 0.231. The highest BCUT2D eigenvalue weighted by Gasteiger charge is 2.18. The predicted molar refractivity (Wildman–Crippen MR) is 65.2 cm³/mol. The molecule has 0 fully saturated rings. The molecule has 1 N–H and O–H groups in total. The van der Waals surface area contributed by atoms with Crippen molar-refractivity contribution in [3.05, 3.63) is 55.8 Å². The highest BCUT2D eigenvalue weighted by atomic mass is 16.2. The molecule has 3 nitrogen and oxygen atoms in total. The summed E-state index contributed by atoms with van der Waals surface area (Å²) in [5.74, 6) is 0. The molecule has 0 aromatic heterocycles. The van der Waals surface area contributed by atoms with Crippen molar-refractivity contribution in [3.8, 4) is 0 Å². The van der Waals surface area contributed by atoms with E-state index >= 15 is 0 Å².